The van der Waals surface area contributed by atoms with E-state index in [4.69, 9.17) is 5.26 Å². The quantitative estimate of drug-likeness (QED) is 0.765. The first-order chi connectivity index (χ1) is 7.05. The van der Waals surface area contributed by atoms with Crippen LogP contribution in [0.5, 0.6) is 0 Å². The smallest absolute Gasteiger partial charge is 0.184 e. The number of rotatable bonds is 2. The van der Waals surface area contributed by atoms with E-state index in [-0.39, 0.29) is 16.9 Å². The second kappa shape index (κ2) is 3.31. The number of hydrogen-bond acceptors (Lipinski definition) is 3. The molecule has 0 aliphatic heterocycles. The molecule has 78 valence electrons. The second-order valence-corrected chi connectivity index (χ2v) is 5.64. The first-order valence-electron chi connectivity index (χ1n) is 4.44. The van der Waals surface area contributed by atoms with E-state index < -0.39 is 21.3 Å². The van der Waals surface area contributed by atoms with Crippen LogP contribution in [0.1, 0.15) is 12.0 Å². The maximum atomic E-state index is 12.7. The van der Waals surface area contributed by atoms with Crippen LogP contribution in [-0.2, 0) is 9.84 Å². The molecular formula is C10H8FNO2S. The van der Waals surface area contributed by atoms with Gasteiger partial charge in [0.2, 0.25) is 0 Å². The van der Waals surface area contributed by atoms with Gasteiger partial charge in [0.1, 0.15) is 6.17 Å². The van der Waals surface area contributed by atoms with Gasteiger partial charge in [0.25, 0.3) is 0 Å². The Kier molecular flexibility index (Phi) is 2.24. The number of alkyl halides is 1. The largest absolute Gasteiger partial charge is 0.246 e. The fourth-order valence-corrected chi connectivity index (χ4v) is 3.12. The van der Waals surface area contributed by atoms with E-state index in [0.29, 0.717) is 0 Å². The molecule has 1 aliphatic carbocycles. The van der Waals surface area contributed by atoms with E-state index in [1.165, 1.54) is 24.3 Å². The Morgan fingerprint density at radius 1 is 1.47 bits per heavy atom. The number of benzene rings is 1. The van der Waals surface area contributed by atoms with Crippen LogP contribution in [0.15, 0.2) is 29.2 Å². The zero-order chi connectivity index (χ0) is 11.1. The minimum Gasteiger partial charge on any atom is -0.246 e. The minimum atomic E-state index is -3.57. The molecule has 15 heavy (non-hydrogen) atoms. The van der Waals surface area contributed by atoms with Gasteiger partial charge in [0.15, 0.2) is 9.84 Å². The molecule has 0 bridgehead atoms. The zero-order valence-electron chi connectivity index (χ0n) is 7.72. The highest BCUT2D eigenvalue weighted by Gasteiger charge is 2.48. The highest BCUT2D eigenvalue weighted by molar-refractivity contribution is 7.92. The summed E-state index contributed by atoms with van der Waals surface area (Å²) < 4.78 is 36.1. The van der Waals surface area contributed by atoms with Crippen LogP contribution in [0.4, 0.5) is 4.39 Å². The fourth-order valence-electron chi connectivity index (χ4n) is 1.38. The lowest BCUT2D eigenvalue weighted by Gasteiger charge is -2.01. The van der Waals surface area contributed by atoms with Crippen molar-refractivity contribution in [3.8, 4) is 6.07 Å². The Balaban J connectivity index is 2.42. The van der Waals surface area contributed by atoms with E-state index >= 15 is 0 Å². The van der Waals surface area contributed by atoms with Crippen molar-refractivity contribution < 1.29 is 12.8 Å². The van der Waals surface area contributed by atoms with E-state index in [0.717, 1.165) is 0 Å². The number of nitrogens with zero attached hydrogens (tertiary/aromatic N) is 1. The van der Waals surface area contributed by atoms with E-state index in [1.54, 1.807) is 0 Å². The Labute approximate surface area is 87.1 Å². The molecule has 0 amide bonds. The summed E-state index contributed by atoms with van der Waals surface area (Å²) in [7, 11) is -3.57. The van der Waals surface area contributed by atoms with Crippen LogP contribution >= 0.6 is 0 Å². The molecule has 0 unspecified atom stereocenters. The third-order valence-corrected chi connectivity index (χ3v) is 4.54. The molecule has 1 aliphatic rings. The predicted molar refractivity (Wildman–Crippen MR) is 51.6 cm³/mol. The number of hydrogen-bond donors (Lipinski definition) is 0. The molecule has 5 heteroatoms. The first kappa shape index (κ1) is 10.1. The zero-order valence-corrected chi connectivity index (χ0v) is 8.54. The summed E-state index contributed by atoms with van der Waals surface area (Å²) in [5.74, 6) is 0. The van der Waals surface area contributed by atoms with Crippen LogP contribution in [0.3, 0.4) is 0 Å². The Hall–Kier alpha value is -1.41. The van der Waals surface area contributed by atoms with E-state index in [9.17, 15) is 12.8 Å². The summed E-state index contributed by atoms with van der Waals surface area (Å²) in [6.45, 7) is 0. The summed E-state index contributed by atoms with van der Waals surface area (Å²) in [6.07, 6.45) is -1.18. The maximum Gasteiger partial charge on any atom is 0.184 e. The Morgan fingerprint density at radius 2 is 2.13 bits per heavy atom. The van der Waals surface area contributed by atoms with Crippen molar-refractivity contribution in [2.75, 3.05) is 0 Å². The van der Waals surface area contributed by atoms with Gasteiger partial charge in [-0.2, -0.15) is 5.26 Å². The van der Waals surface area contributed by atoms with Crippen molar-refractivity contribution in [1.29, 1.82) is 5.26 Å². The van der Waals surface area contributed by atoms with E-state index in [1.807, 2.05) is 6.07 Å². The number of sulfone groups is 1. The van der Waals surface area contributed by atoms with E-state index in [2.05, 4.69) is 0 Å². The lowest BCUT2D eigenvalue weighted by atomic mass is 10.2. The lowest BCUT2D eigenvalue weighted by Crippen LogP contribution is -2.09. The van der Waals surface area contributed by atoms with Crippen molar-refractivity contribution >= 4 is 9.84 Å². The van der Waals surface area contributed by atoms with Crippen LogP contribution in [0.25, 0.3) is 0 Å². The third kappa shape index (κ3) is 1.73. The molecule has 0 N–H and O–H groups in total. The standard InChI is InChI=1S/C10H8FNO2S/c11-9-5-10(9)15(13,14)8-3-1-2-7(4-8)6-12/h1-4,9-10H,5H2/t9-,10+/m0/s1. The van der Waals surface area contributed by atoms with Crippen molar-refractivity contribution in [1.82, 2.24) is 0 Å². The molecule has 0 saturated heterocycles. The summed E-state index contributed by atoms with van der Waals surface area (Å²) >= 11 is 0. The predicted octanol–water partition coefficient (Wildman–Crippen LogP) is 1.44. The highest BCUT2D eigenvalue weighted by Crippen LogP contribution is 2.36. The van der Waals surface area contributed by atoms with Gasteiger partial charge in [0.05, 0.1) is 21.8 Å². The van der Waals surface area contributed by atoms with Gasteiger partial charge in [0, 0.05) is 0 Å². The Bertz CT molecular complexity index is 533. The highest BCUT2D eigenvalue weighted by atomic mass is 32.2. The summed E-state index contributed by atoms with van der Waals surface area (Å²) in [5, 5.41) is 7.70. The van der Waals surface area contributed by atoms with Crippen LogP contribution < -0.4 is 0 Å². The van der Waals surface area contributed by atoms with Crippen molar-refractivity contribution in [3.05, 3.63) is 29.8 Å². The summed E-state index contributed by atoms with van der Waals surface area (Å²) in [5.41, 5.74) is 0.270. The molecule has 1 fully saturated rings. The van der Waals surface area contributed by atoms with Crippen LogP contribution in [0.2, 0.25) is 0 Å². The molecule has 2 atom stereocenters. The minimum absolute atomic E-state index is 0.0340. The first-order valence-corrected chi connectivity index (χ1v) is 5.98. The van der Waals surface area contributed by atoms with Gasteiger partial charge in [-0.15, -0.1) is 0 Å². The average molecular weight is 225 g/mol. The fraction of sp³-hybridized carbons (Fsp3) is 0.300. The monoisotopic (exact) mass is 225 g/mol. The second-order valence-electron chi connectivity index (χ2n) is 3.47. The molecule has 0 spiro atoms. The Morgan fingerprint density at radius 3 is 2.67 bits per heavy atom. The van der Waals surface area contributed by atoms with Crippen molar-refractivity contribution in [3.63, 3.8) is 0 Å². The van der Waals surface area contributed by atoms with Crippen molar-refractivity contribution in [2.24, 2.45) is 0 Å². The third-order valence-electron chi connectivity index (χ3n) is 2.35. The normalized spacial score (nSPS) is 24.5. The van der Waals surface area contributed by atoms with Gasteiger partial charge >= 0.3 is 0 Å². The molecule has 0 aromatic heterocycles. The van der Waals surface area contributed by atoms with Gasteiger partial charge < -0.3 is 0 Å². The van der Waals surface area contributed by atoms with Crippen LogP contribution in [-0.4, -0.2) is 19.8 Å². The molecule has 1 saturated carbocycles. The van der Waals surface area contributed by atoms with Gasteiger partial charge in [-0.05, 0) is 24.6 Å². The van der Waals surface area contributed by atoms with Crippen LogP contribution in [0, 0.1) is 11.3 Å². The topological polar surface area (TPSA) is 57.9 Å². The lowest BCUT2D eigenvalue weighted by molar-refractivity contribution is 0.477. The average Bonchev–Trinajstić information content (AvgIpc) is 2.96. The molecule has 3 nitrogen and oxygen atoms in total. The molecule has 1 aromatic carbocycles. The SMILES string of the molecule is N#Cc1cccc(S(=O)(=O)[C@@H]2C[C@@H]2F)c1. The maximum absolute atomic E-state index is 12.7. The van der Waals surface area contributed by atoms with Gasteiger partial charge in [-0.25, -0.2) is 12.8 Å². The number of halogens is 1. The summed E-state index contributed by atoms with van der Waals surface area (Å²) in [6, 6.07) is 7.52. The molecule has 0 heterocycles. The molecular weight excluding hydrogens is 217 g/mol. The van der Waals surface area contributed by atoms with Gasteiger partial charge in [-0.1, -0.05) is 6.07 Å². The summed E-state index contributed by atoms with van der Waals surface area (Å²) in [4.78, 5) is 0.0340. The molecule has 1 aromatic rings. The molecule has 2 rings (SSSR count). The van der Waals surface area contributed by atoms with Crippen molar-refractivity contribution in [2.45, 2.75) is 22.7 Å². The van der Waals surface area contributed by atoms with Gasteiger partial charge in [-0.3, -0.25) is 0 Å². The molecule has 0 radical (unpaired) electrons. The number of nitriles is 1.